The molecule has 0 radical (unpaired) electrons. The highest BCUT2D eigenvalue weighted by Gasteiger charge is 2.15. The predicted octanol–water partition coefficient (Wildman–Crippen LogP) is 3.02. The number of aromatic nitrogens is 2. The van der Waals surface area contributed by atoms with E-state index in [4.69, 9.17) is 0 Å². The van der Waals surface area contributed by atoms with Gasteiger partial charge in [-0.2, -0.15) is 0 Å². The molecule has 3 nitrogen and oxygen atoms in total. The molecule has 0 aliphatic carbocycles. The molecule has 0 aliphatic heterocycles. The molecular weight excluding hydrogens is 236 g/mol. The van der Waals surface area contributed by atoms with E-state index in [1.54, 1.807) is 18.6 Å². The van der Waals surface area contributed by atoms with E-state index >= 15 is 0 Å². The Morgan fingerprint density at radius 3 is 2.68 bits per heavy atom. The van der Waals surface area contributed by atoms with Crippen molar-refractivity contribution in [3.63, 3.8) is 0 Å². The van der Waals surface area contributed by atoms with Crippen LogP contribution >= 0.6 is 0 Å². The van der Waals surface area contributed by atoms with E-state index in [1.165, 1.54) is 0 Å². The van der Waals surface area contributed by atoms with Crippen LogP contribution in [0.3, 0.4) is 0 Å². The number of hydrogen-bond acceptors (Lipinski definition) is 3. The Balaban J connectivity index is 2.17. The molecular formula is C16H14N2O. The second-order valence-corrected chi connectivity index (χ2v) is 4.52. The molecule has 0 amide bonds. The number of aliphatic hydroxyl groups is 1. The third-order valence-electron chi connectivity index (χ3n) is 3.35. The fourth-order valence-corrected chi connectivity index (χ4v) is 2.33. The number of rotatable bonds is 2. The lowest BCUT2D eigenvalue weighted by molar-refractivity contribution is 0.220. The average Bonchev–Trinajstić information content (AvgIpc) is 2.46. The Hall–Kier alpha value is -2.26. The van der Waals surface area contributed by atoms with Crippen LogP contribution in [-0.4, -0.2) is 15.1 Å². The lowest BCUT2D eigenvalue weighted by Crippen LogP contribution is -2.04. The van der Waals surface area contributed by atoms with E-state index in [0.29, 0.717) is 0 Å². The first kappa shape index (κ1) is 11.8. The highest BCUT2D eigenvalue weighted by molar-refractivity contribution is 5.85. The van der Waals surface area contributed by atoms with Gasteiger partial charge in [0.05, 0.1) is 0 Å². The summed E-state index contributed by atoms with van der Waals surface area (Å²) in [7, 11) is 0. The maximum absolute atomic E-state index is 10.6. The van der Waals surface area contributed by atoms with Crippen LogP contribution in [0.2, 0.25) is 0 Å². The van der Waals surface area contributed by atoms with Gasteiger partial charge >= 0.3 is 0 Å². The number of fused-ring (bicyclic) bond motifs is 1. The van der Waals surface area contributed by atoms with Gasteiger partial charge < -0.3 is 5.11 Å². The van der Waals surface area contributed by atoms with Crippen molar-refractivity contribution in [2.24, 2.45) is 0 Å². The average molecular weight is 250 g/mol. The maximum atomic E-state index is 10.6. The number of nitrogens with zero attached hydrogens (tertiary/aromatic N) is 2. The fourth-order valence-electron chi connectivity index (χ4n) is 2.33. The lowest BCUT2D eigenvalue weighted by Gasteiger charge is -2.15. The Labute approximate surface area is 111 Å². The molecule has 94 valence electrons. The molecule has 3 aromatic rings. The highest BCUT2D eigenvalue weighted by Crippen LogP contribution is 2.29. The number of aryl methyl sites for hydroxylation is 1. The van der Waals surface area contributed by atoms with Crippen LogP contribution in [-0.2, 0) is 0 Å². The van der Waals surface area contributed by atoms with Gasteiger partial charge in [0.1, 0.15) is 6.10 Å². The SMILES string of the molecule is Cc1ncccc1C(O)c1cccc2ccncc12. The number of hydrogen-bond donors (Lipinski definition) is 1. The van der Waals surface area contributed by atoms with Gasteiger partial charge in [-0.25, -0.2) is 0 Å². The molecule has 0 fully saturated rings. The van der Waals surface area contributed by atoms with Crippen LogP contribution in [0.15, 0.2) is 55.0 Å². The zero-order valence-corrected chi connectivity index (χ0v) is 10.6. The van der Waals surface area contributed by atoms with Gasteiger partial charge in [0.2, 0.25) is 0 Å². The second kappa shape index (κ2) is 4.78. The molecule has 1 atom stereocenters. The molecule has 2 aromatic heterocycles. The zero-order valence-electron chi connectivity index (χ0n) is 10.6. The molecule has 19 heavy (non-hydrogen) atoms. The third kappa shape index (κ3) is 2.09. The molecule has 1 aromatic carbocycles. The van der Waals surface area contributed by atoms with Crippen LogP contribution < -0.4 is 0 Å². The van der Waals surface area contributed by atoms with E-state index in [2.05, 4.69) is 9.97 Å². The highest BCUT2D eigenvalue weighted by atomic mass is 16.3. The first-order valence-electron chi connectivity index (χ1n) is 6.19. The van der Waals surface area contributed by atoms with Crippen molar-refractivity contribution in [1.82, 2.24) is 9.97 Å². The van der Waals surface area contributed by atoms with E-state index in [-0.39, 0.29) is 0 Å². The molecule has 0 spiro atoms. The quantitative estimate of drug-likeness (QED) is 0.760. The monoisotopic (exact) mass is 250 g/mol. The summed E-state index contributed by atoms with van der Waals surface area (Å²) in [4.78, 5) is 8.38. The van der Waals surface area contributed by atoms with Gasteiger partial charge in [-0.3, -0.25) is 9.97 Å². The van der Waals surface area contributed by atoms with Gasteiger partial charge in [-0.1, -0.05) is 24.3 Å². The first-order chi connectivity index (χ1) is 9.27. The predicted molar refractivity (Wildman–Crippen MR) is 74.8 cm³/mol. The van der Waals surface area contributed by atoms with Gasteiger partial charge in [-0.15, -0.1) is 0 Å². The minimum atomic E-state index is -0.679. The Bertz CT molecular complexity index is 719. The Kier molecular flexibility index (Phi) is 2.97. The molecule has 1 N–H and O–H groups in total. The molecule has 0 saturated carbocycles. The van der Waals surface area contributed by atoms with Crippen molar-refractivity contribution in [2.45, 2.75) is 13.0 Å². The van der Waals surface area contributed by atoms with Crippen LogP contribution in [0.4, 0.5) is 0 Å². The normalized spacial score (nSPS) is 12.5. The molecule has 1 unspecified atom stereocenters. The summed E-state index contributed by atoms with van der Waals surface area (Å²) in [5.41, 5.74) is 2.54. The van der Waals surface area contributed by atoms with Crippen molar-refractivity contribution in [3.8, 4) is 0 Å². The summed E-state index contributed by atoms with van der Waals surface area (Å²) in [6.45, 7) is 1.90. The van der Waals surface area contributed by atoms with Crippen molar-refractivity contribution in [3.05, 3.63) is 71.8 Å². The smallest absolute Gasteiger partial charge is 0.106 e. The molecule has 0 aliphatic rings. The number of benzene rings is 1. The standard InChI is InChI=1S/C16H14N2O/c1-11-13(6-3-8-18-11)16(19)14-5-2-4-12-7-9-17-10-15(12)14/h2-10,16,19H,1H3. The van der Waals surface area contributed by atoms with Crippen molar-refractivity contribution < 1.29 is 5.11 Å². The summed E-state index contributed by atoms with van der Waals surface area (Å²) in [5, 5.41) is 12.7. The summed E-state index contributed by atoms with van der Waals surface area (Å²) in [6, 6.07) is 11.6. The van der Waals surface area contributed by atoms with E-state index in [1.807, 2.05) is 43.3 Å². The van der Waals surface area contributed by atoms with Crippen molar-refractivity contribution >= 4 is 10.8 Å². The lowest BCUT2D eigenvalue weighted by atomic mass is 9.96. The van der Waals surface area contributed by atoms with Crippen LogP contribution in [0.25, 0.3) is 10.8 Å². The molecule has 3 heteroatoms. The van der Waals surface area contributed by atoms with Gasteiger partial charge in [0, 0.05) is 35.2 Å². The van der Waals surface area contributed by atoms with E-state index < -0.39 is 6.10 Å². The van der Waals surface area contributed by atoms with Crippen LogP contribution in [0, 0.1) is 6.92 Å². The second-order valence-electron chi connectivity index (χ2n) is 4.52. The van der Waals surface area contributed by atoms with Crippen molar-refractivity contribution in [2.75, 3.05) is 0 Å². The maximum Gasteiger partial charge on any atom is 0.106 e. The van der Waals surface area contributed by atoms with Crippen LogP contribution in [0.1, 0.15) is 22.9 Å². The third-order valence-corrected chi connectivity index (χ3v) is 3.35. The summed E-state index contributed by atoms with van der Waals surface area (Å²) < 4.78 is 0. The van der Waals surface area contributed by atoms with Crippen molar-refractivity contribution in [1.29, 1.82) is 0 Å². The minimum Gasteiger partial charge on any atom is -0.384 e. The van der Waals surface area contributed by atoms with Gasteiger partial charge in [0.25, 0.3) is 0 Å². The fraction of sp³-hybridized carbons (Fsp3) is 0.125. The molecule has 3 rings (SSSR count). The Morgan fingerprint density at radius 1 is 1.00 bits per heavy atom. The number of aliphatic hydroxyl groups excluding tert-OH is 1. The molecule has 0 saturated heterocycles. The van der Waals surface area contributed by atoms with E-state index in [0.717, 1.165) is 27.6 Å². The summed E-state index contributed by atoms with van der Waals surface area (Å²) >= 11 is 0. The largest absolute Gasteiger partial charge is 0.384 e. The van der Waals surface area contributed by atoms with Gasteiger partial charge in [-0.05, 0) is 30.0 Å². The first-order valence-corrected chi connectivity index (χ1v) is 6.19. The molecule has 0 bridgehead atoms. The van der Waals surface area contributed by atoms with Crippen LogP contribution in [0.5, 0.6) is 0 Å². The Morgan fingerprint density at radius 2 is 1.84 bits per heavy atom. The summed E-state index contributed by atoms with van der Waals surface area (Å²) in [5.74, 6) is 0. The molecule has 2 heterocycles. The topological polar surface area (TPSA) is 46.0 Å². The van der Waals surface area contributed by atoms with Gasteiger partial charge in [0.15, 0.2) is 0 Å². The summed E-state index contributed by atoms with van der Waals surface area (Å²) in [6.07, 6.45) is 4.60. The number of pyridine rings is 2. The minimum absolute atomic E-state index is 0.679. The zero-order chi connectivity index (χ0) is 13.2. The van der Waals surface area contributed by atoms with E-state index in [9.17, 15) is 5.11 Å².